The monoisotopic (exact) mass is 261 g/mol. The summed E-state index contributed by atoms with van der Waals surface area (Å²) in [7, 11) is 0. The summed E-state index contributed by atoms with van der Waals surface area (Å²) >= 11 is 1.50. The van der Waals surface area contributed by atoms with Gasteiger partial charge < -0.3 is 9.30 Å². The summed E-state index contributed by atoms with van der Waals surface area (Å²) in [5, 5.41) is 1.29. The number of hydrogen-bond acceptors (Lipinski definition) is 4. The average Bonchev–Trinajstić information content (AvgIpc) is 2.33. The van der Waals surface area contributed by atoms with Crippen LogP contribution >= 0.6 is 11.8 Å². The van der Waals surface area contributed by atoms with E-state index < -0.39 is 5.97 Å². The standard InChI is InChI=1S/C13H11NO3S/c1-2-17-13(16)10-11(15)8-5-3-4-6-9(8)14-7-18-12(10)14/h3-6H,2,7H2,1H3. The molecule has 0 atom stereocenters. The molecule has 2 aromatic rings. The van der Waals surface area contributed by atoms with Gasteiger partial charge in [-0.05, 0) is 19.1 Å². The zero-order chi connectivity index (χ0) is 12.7. The molecule has 0 saturated carbocycles. The minimum absolute atomic E-state index is 0.173. The van der Waals surface area contributed by atoms with E-state index in [-0.39, 0.29) is 17.6 Å². The number of esters is 1. The Balaban J connectivity index is 2.34. The van der Waals surface area contributed by atoms with Crippen molar-refractivity contribution in [1.29, 1.82) is 0 Å². The predicted octanol–water partition coefficient (Wildman–Crippen LogP) is 2.24. The van der Waals surface area contributed by atoms with Gasteiger partial charge in [0.1, 0.15) is 5.56 Å². The van der Waals surface area contributed by atoms with E-state index in [1.807, 2.05) is 16.7 Å². The van der Waals surface area contributed by atoms with Crippen molar-refractivity contribution in [2.45, 2.75) is 17.8 Å². The second-order valence-electron chi connectivity index (χ2n) is 3.95. The van der Waals surface area contributed by atoms with Crippen molar-refractivity contribution in [2.24, 2.45) is 0 Å². The molecule has 1 aromatic heterocycles. The zero-order valence-corrected chi connectivity index (χ0v) is 10.6. The minimum atomic E-state index is -0.524. The molecule has 0 unspecified atom stereocenters. The van der Waals surface area contributed by atoms with E-state index in [2.05, 4.69) is 0 Å². The summed E-state index contributed by atoms with van der Waals surface area (Å²) in [4.78, 5) is 24.2. The number of para-hydroxylation sites is 1. The molecule has 92 valence electrons. The van der Waals surface area contributed by atoms with Crippen LogP contribution in [0.2, 0.25) is 0 Å². The van der Waals surface area contributed by atoms with Gasteiger partial charge in [-0.2, -0.15) is 0 Å². The fourth-order valence-electron chi connectivity index (χ4n) is 2.10. The van der Waals surface area contributed by atoms with Crippen LogP contribution in [0.25, 0.3) is 10.9 Å². The molecular formula is C13H11NO3S. The van der Waals surface area contributed by atoms with E-state index in [1.54, 1.807) is 19.1 Å². The molecule has 1 aromatic carbocycles. The molecule has 0 fully saturated rings. The highest BCUT2D eigenvalue weighted by molar-refractivity contribution is 7.99. The number of fused-ring (bicyclic) bond motifs is 3. The summed E-state index contributed by atoms with van der Waals surface area (Å²) < 4.78 is 6.94. The normalized spacial score (nSPS) is 12.9. The van der Waals surface area contributed by atoms with Crippen molar-refractivity contribution >= 4 is 28.6 Å². The van der Waals surface area contributed by atoms with E-state index in [0.717, 1.165) is 16.4 Å². The molecule has 0 radical (unpaired) electrons. The van der Waals surface area contributed by atoms with Crippen LogP contribution in [-0.2, 0) is 10.6 Å². The van der Waals surface area contributed by atoms with Gasteiger partial charge in [-0.25, -0.2) is 4.79 Å². The van der Waals surface area contributed by atoms with Gasteiger partial charge in [0.2, 0.25) is 5.43 Å². The molecule has 0 spiro atoms. The molecule has 2 heterocycles. The van der Waals surface area contributed by atoms with E-state index in [0.29, 0.717) is 5.39 Å². The molecule has 18 heavy (non-hydrogen) atoms. The van der Waals surface area contributed by atoms with E-state index in [9.17, 15) is 9.59 Å². The number of thioether (sulfide) groups is 1. The Morgan fingerprint density at radius 1 is 1.44 bits per heavy atom. The van der Waals surface area contributed by atoms with Gasteiger partial charge in [0.05, 0.1) is 23.0 Å². The Bertz CT molecular complexity index is 705. The van der Waals surface area contributed by atoms with E-state index in [1.165, 1.54) is 11.8 Å². The first kappa shape index (κ1) is 11.3. The van der Waals surface area contributed by atoms with Crippen molar-refractivity contribution in [3.8, 4) is 0 Å². The predicted molar refractivity (Wildman–Crippen MR) is 70.0 cm³/mol. The maximum atomic E-state index is 12.3. The van der Waals surface area contributed by atoms with Crippen LogP contribution in [0.4, 0.5) is 0 Å². The van der Waals surface area contributed by atoms with Gasteiger partial charge in [-0.3, -0.25) is 4.79 Å². The zero-order valence-electron chi connectivity index (χ0n) is 9.80. The van der Waals surface area contributed by atoms with Crippen LogP contribution in [0.3, 0.4) is 0 Å². The van der Waals surface area contributed by atoms with Crippen LogP contribution in [0.15, 0.2) is 34.1 Å². The number of pyridine rings is 1. The molecule has 3 rings (SSSR count). The van der Waals surface area contributed by atoms with Crippen LogP contribution < -0.4 is 5.43 Å². The Kier molecular flexibility index (Phi) is 2.63. The Labute approximate surface area is 108 Å². The Morgan fingerprint density at radius 3 is 2.89 bits per heavy atom. The third-order valence-electron chi connectivity index (χ3n) is 2.94. The summed E-state index contributed by atoms with van der Waals surface area (Å²) in [6.07, 6.45) is 0. The average molecular weight is 261 g/mol. The SMILES string of the molecule is CCOC(=O)c1c2n(c3ccccc3c1=O)CS2. The maximum absolute atomic E-state index is 12.3. The highest BCUT2D eigenvalue weighted by atomic mass is 32.2. The molecule has 1 aliphatic heterocycles. The van der Waals surface area contributed by atoms with Crippen LogP contribution in [0, 0.1) is 0 Å². The molecular weight excluding hydrogens is 250 g/mol. The summed E-state index contributed by atoms with van der Waals surface area (Å²) in [6.45, 7) is 2.01. The number of benzene rings is 1. The summed E-state index contributed by atoms with van der Waals surface area (Å²) in [5.41, 5.74) is 0.818. The number of ether oxygens (including phenoxy) is 1. The Morgan fingerprint density at radius 2 is 2.22 bits per heavy atom. The van der Waals surface area contributed by atoms with Gasteiger partial charge in [-0.1, -0.05) is 23.9 Å². The third kappa shape index (κ3) is 1.47. The Hall–Kier alpha value is -1.75. The highest BCUT2D eigenvalue weighted by Crippen LogP contribution is 2.36. The van der Waals surface area contributed by atoms with Gasteiger partial charge in [-0.15, -0.1) is 0 Å². The van der Waals surface area contributed by atoms with Crippen molar-refractivity contribution in [3.63, 3.8) is 0 Å². The molecule has 0 amide bonds. The lowest BCUT2D eigenvalue weighted by Crippen LogP contribution is -2.27. The number of aromatic nitrogens is 1. The van der Waals surface area contributed by atoms with Crippen molar-refractivity contribution in [2.75, 3.05) is 6.61 Å². The number of rotatable bonds is 2. The van der Waals surface area contributed by atoms with Gasteiger partial charge in [0, 0.05) is 5.39 Å². The molecule has 0 saturated heterocycles. The molecule has 0 N–H and O–H groups in total. The first-order valence-corrected chi connectivity index (χ1v) is 6.68. The van der Waals surface area contributed by atoms with Crippen molar-refractivity contribution in [1.82, 2.24) is 4.57 Å². The minimum Gasteiger partial charge on any atom is -0.462 e. The highest BCUT2D eigenvalue weighted by Gasteiger charge is 2.28. The van der Waals surface area contributed by atoms with Crippen molar-refractivity contribution in [3.05, 3.63) is 40.1 Å². The molecule has 1 aliphatic rings. The van der Waals surface area contributed by atoms with Gasteiger partial charge in [0.25, 0.3) is 0 Å². The molecule has 4 nitrogen and oxygen atoms in total. The van der Waals surface area contributed by atoms with Crippen LogP contribution in [0.1, 0.15) is 17.3 Å². The van der Waals surface area contributed by atoms with E-state index >= 15 is 0 Å². The lowest BCUT2D eigenvalue weighted by atomic mass is 10.1. The molecule has 5 heteroatoms. The first-order chi connectivity index (χ1) is 8.74. The van der Waals surface area contributed by atoms with Crippen molar-refractivity contribution < 1.29 is 9.53 Å². The second kappa shape index (κ2) is 4.17. The number of carbonyl (C=O) groups excluding carboxylic acids is 1. The smallest absolute Gasteiger partial charge is 0.344 e. The summed E-state index contributed by atoms with van der Waals surface area (Å²) in [6, 6.07) is 7.34. The lowest BCUT2D eigenvalue weighted by Gasteiger charge is -2.25. The van der Waals surface area contributed by atoms with Gasteiger partial charge >= 0.3 is 5.97 Å². The van der Waals surface area contributed by atoms with Gasteiger partial charge in [0.15, 0.2) is 0 Å². The number of carbonyl (C=O) groups is 1. The number of hydrogen-bond donors (Lipinski definition) is 0. The quantitative estimate of drug-likeness (QED) is 0.778. The maximum Gasteiger partial charge on any atom is 0.344 e. The fraction of sp³-hybridized carbons (Fsp3) is 0.231. The second-order valence-corrected chi connectivity index (χ2v) is 4.88. The van der Waals surface area contributed by atoms with Crippen LogP contribution in [0.5, 0.6) is 0 Å². The molecule has 0 aliphatic carbocycles. The molecule has 0 bridgehead atoms. The fourth-order valence-corrected chi connectivity index (χ4v) is 3.04. The largest absolute Gasteiger partial charge is 0.462 e. The number of nitrogens with zero attached hydrogens (tertiary/aromatic N) is 1. The van der Waals surface area contributed by atoms with Crippen LogP contribution in [-0.4, -0.2) is 17.1 Å². The topological polar surface area (TPSA) is 48.3 Å². The first-order valence-electron chi connectivity index (χ1n) is 5.69. The summed E-state index contributed by atoms with van der Waals surface area (Å²) in [5.74, 6) is 0.243. The van der Waals surface area contributed by atoms with E-state index in [4.69, 9.17) is 4.74 Å². The lowest BCUT2D eigenvalue weighted by molar-refractivity contribution is 0.0518. The third-order valence-corrected chi connectivity index (χ3v) is 4.02.